The molecule has 1 unspecified atom stereocenters. The van der Waals surface area contributed by atoms with Gasteiger partial charge in [0.1, 0.15) is 0 Å². The minimum absolute atomic E-state index is 0.0254. The predicted molar refractivity (Wildman–Crippen MR) is 111 cm³/mol. The third kappa shape index (κ3) is 9.89. The molecule has 4 amide bonds. The number of nitrogens with one attached hydrogen (secondary N) is 4. The number of carbonyl (C=O) groups is 4. The highest BCUT2D eigenvalue weighted by Crippen LogP contribution is 2.13. The largest absolute Gasteiger partial charge is 0.352 e. The first kappa shape index (κ1) is 24.4. The molecule has 0 saturated heterocycles. The summed E-state index contributed by atoms with van der Waals surface area (Å²) in [6.45, 7) is 2.70. The molecule has 3 atom stereocenters. The van der Waals surface area contributed by atoms with Gasteiger partial charge in [-0.3, -0.25) is 14.4 Å². The quantitative estimate of drug-likeness (QED) is 0.287. The van der Waals surface area contributed by atoms with Crippen LogP contribution in [0, 0.1) is 5.92 Å². The summed E-state index contributed by atoms with van der Waals surface area (Å²) >= 11 is 0. The van der Waals surface area contributed by atoms with Crippen LogP contribution in [0.3, 0.4) is 0 Å². The summed E-state index contributed by atoms with van der Waals surface area (Å²) in [5.74, 6) is -1.38. The molecular weight excluding hydrogens is 374 g/mol. The van der Waals surface area contributed by atoms with E-state index in [0.717, 1.165) is 6.42 Å². The summed E-state index contributed by atoms with van der Waals surface area (Å²) in [5, 5.41) is 10.6. The molecule has 0 aromatic rings. The number of urea groups is 1. The lowest BCUT2D eigenvalue weighted by atomic mass is 9.94. The van der Waals surface area contributed by atoms with Gasteiger partial charge in [0.05, 0.1) is 12.0 Å². The molecule has 0 aliphatic carbocycles. The SMILES string of the molecule is CNC(=O)NC(CCCCN)C(=O)C[C@H]1/C=C/CCNC(=O)/C=C/[C@H](C)NC1=O. The average molecular weight is 408 g/mol. The van der Waals surface area contributed by atoms with Gasteiger partial charge in [-0.1, -0.05) is 18.2 Å². The fraction of sp³-hybridized carbons (Fsp3) is 0.600. The van der Waals surface area contributed by atoms with Crippen molar-refractivity contribution in [1.82, 2.24) is 21.3 Å². The zero-order valence-electron chi connectivity index (χ0n) is 17.2. The van der Waals surface area contributed by atoms with Crippen molar-refractivity contribution in [3.8, 4) is 0 Å². The molecule has 6 N–H and O–H groups in total. The van der Waals surface area contributed by atoms with Crippen LogP contribution in [-0.2, 0) is 14.4 Å². The number of ketones is 1. The zero-order valence-corrected chi connectivity index (χ0v) is 17.2. The summed E-state index contributed by atoms with van der Waals surface area (Å²) in [6, 6.07) is -1.48. The van der Waals surface area contributed by atoms with Crippen LogP contribution in [0.4, 0.5) is 4.79 Å². The first-order chi connectivity index (χ1) is 13.9. The molecule has 0 spiro atoms. The fourth-order valence-corrected chi connectivity index (χ4v) is 2.85. The van der Waals surface area contributed by atoms with E-state index in [4.69, 9.17) is 5.73 Å². The van der Waals surface area contributed by atoms with Gasteiger partial charge in [-0.05, 0) is 39.2 Å². The van der Waals surface area contributed by atoms with Gasteiger partial charge in [0.25, 0.3) is 0 Å². The Hall–Kier alpha value is -2.68. The van der Waals surface area contributed by atoms with Crippen molar-refractivity contribution < 1.29 is 19.2 Å². The Kier molecular flexibility index (Phi) is 11.3. The molecule has 29 heavy (non-hydrogen) atoms. The van der Waals surface area contributed by atoms with E-state index >= 15 is 0 Å². The van der Waals surface area contributed by atoms with Gasteiger partial charge in [0.15, 0.2) is 5.78 Å². The van der Waals surface area contributed by atoms with E-state index in [1.165, 1.54) is 13.1 Å². The first-order valence-corrected chi connectivity index (χ1v) is 10.0. The lowest BCUT2D eigenvalue weighted by Gasteiger charge is -2.21. The van der Waals surface area contributed by atoms with Gasteiger partial charge in [0.2, 0.25) is 11.8 Å². The highest BCUT2D eigenvalue weighted by atomic mass is 16.2. The molecule has 162 valence electrons. The second-order valence-corrected chi connectivity index (χ2v) is 7.00. The lowest BCUT2D eigenvalue weighted by molar-refractivity contribution is -0.129. The van der Waals surface area contributed by atoms with E-state index in [0.29, 0.717) is 32.4 Å². The van der Waals surface area contributed by atoms with E-state index in [-0.39, 0.29) is 30.1 Å². The maximum atomic E-state index is 12.8. The molecule has 1 rings (SSSR count). The molecule has 1 heterocycles. The van der Waals surface area contributed by atoms with E-state index in [9.17, 15) is 19.2 Å². The fourth-order valence-electron chi connectivity index (χ4n) is 2.85. The number of hydrogen-bond acceptors (Lipinski definition) is 5. The highest BCUT2D eigenvalue weighted by molar-refractivity contribution is 5.93. The Morgan fingerprint density at radius 2 is 2.03 bits per heavy atom. The van der Waals surface area contributed by atoms with Crippen LogP contribution < -0.4 is 27.0 Å². The maximum Gasteiger partial charge on any atom is 0.315 e. The van der Waals surface area contributed by atoms with Crippen molar-refractivity contribution in [1.29, 1.82) is 0 Å². The van der Waals surface area contributed by atoms with Crippen LogP contribution in [0.2, 0.25) is 0 Å². The molecular formula is C20H33N5O4. The number of carbonyl (C=O) groups excluding carboxylic acids is 4. The molecule has 0 bridgehead atoms. The van der Waals surface area contributed by atoms with Gasteiger partial charge in [-0.25, -0.2) is 4.79 Å². The Bertz CT molecular complexity index is 632. The minimum Gasteiger partial charge on any atom is -0.352 e. The topological polar surface area (TPSA) is 142 Å². The van der Waals surface area contributed by atoms with Crippen molar-refractivity contribution in [2.45, 2.75) is 51.1 Å². The normalized spacial score (nSPS) is 23.4. The van der Waals surface area contributed by atoms with Crippen LogP contribution in [0.5, 0.6) is 0 Å². The average Bonchev–Trinajstić information content (AvgIpc) is 2.69. The van der Waals surface area contributed by atoms with Crippen LogP contribution in [0.15, 0.2) is 24.3 Å². The van der Waals surface area contributed by atoms with Crippen molar-refractivity contribution in [2.75, 3.05) is 20.1 Å². The van der Waals surface area contributed by atoms with E-state index in [1.54, 1.807) is 25.2 Å². The van der Waals surface area contributed by atoms with Gasteiger partial charge in [-0.15, -0.1) is 0 Å². The second-order valence-electron chi connectivity index (χ2n) is 7.00. The van der Waals surface area contributed by atoms with Crippen molar-refractivity contribution in [3.63, 3.8) is 0 Å². The summed E-state index contributed by atoms with van der Waals surface area (Å²) in [4.78, 5) is 48.8. The van der Waals surface area contributed by atoms with Gasteiger partial charge >= 0.3 is 6.03 Å². The predicted octanol–water partition coefficient (Wildman–Crippen LogP) is 0.125. The lowest BCUT2D eigenvalue weighted by Crippen LogP contribution is -2.46. The molecule has 0 radical (unpaired) electrons. The molecule has 0 saturated carbocycles. The van der Waals surface area contributed by atoms with Crippen LogP contribution in [0.1, 0.15) is 39.0 Å². The van der Waals surface area contributed by atoms with Crippen molar-refractivity contribution >= 4 is 23.6 Å². The maximum absolute atomic E-state index is 12.8. The molecule has 9 heteroatoms. The van der Waals surface area contributed by atoms with Gasteiger partial charge in [0, 0.05) is 32.1 Å². The number of hydrogen-bond donors (Lipinski definition) is 5. The number of nitrogens with two attached hydrogens (primary N) is 1. The van der Waals surface area contributed by atoms with Crippen LogP contribution in [0.25, 0.3) is 0 Å². The molecule has 0 fully saturated rings. The van der Waals surface area contributed by atoms with Crippen LogP contribution >= 0.6 is 0 Å². The highest BCUT2D eigenvalue weighted by Gasteiger charge is 2.26. The summed E-state index contributed by atoms with van der Waals surface area (Å²) < 4.78 is 0. The third-order valence-corrected chi connectivity index (χ3v) is 4.51. The second kappa shape index (κ2) is 13.5. The first-order valence-electron chi connectivity index (χ1n) is 10.0. The van der Waals surface area contributed by atoms with Crippen molar-refractivity contribution in [3.05, 3.63) is 24.3 Å². The van der Waals surface area contributed by atoms with E-state index in [1.807, 2.05) is 0 Å². The zero-order chi connectivity index (χ0) is 21.6. The Morgan fingerprint density at radius 1 is 1.28 bits per heavy atom. The monoisotopic (exact) mass is 407 g/mol. The number of rotatable bonds is 8. The number of Topliss-reactive ketones (excluding diaryl/α,β-unsaturated/α-hetero) is 1. The number of unbranched alkanes of at least 4 members (excludes halogenated alkanes) is 1. The Balaban J connectivity index is 2.87. The van der Waals surface area contributed by atoms with Gasteiger partial charge < -0.3 is 27.0 Å². The van der Waals surface area contributed by atoms with Gasteiger partial charge in [-0.2, -0.15) is 0 Å². The summed E-state index contributed by atoms with van der Waals surface area (Å²) in [5.41, 5.74) is 5.51. The Labute approximate surface area is 171 Å². The van der Waals surface area contributed by atoms with E-state index < -0.39 is 18.0 Å². The smallest absolute Gasteiger partial charge is 0.315 e. The Morgan fingerprint density at radius 3 is 2.72 bits per heavy atom. The third-order valence-electron chi connectivity index (χ3n) is 4.51. The summed E-state index contributed by atoms with van der Waals surface area (Å²) in [7, 11) is 1.48. The molecule has 1 aliphatic rings. The van der Waals surface area contributed by atoms with Crippen LogP contribution in [-0.4, -0.2) is 55.8 Å². The van der Waals surface area contributed by atoms with E-state index in [2.05, 4.69) is 21.3 Å². The molecule has 9 nitrogen and oxygen atoms in total. The molecule has 1 aliphatic heterocycles. The standard InChI is InChI=1S/C20H33N5O4/c1-14-9-10-18(27)23-12-6-4-7-15(19(28)24-14)13-17(26)16(8-3-5-11-21)25-20(29)22-2/h4,7,9-10,14-16H,3,5-6,8,11-13,21H2,1-2H3,(H,23,27)(H,24,28)(H2,22,25,29)/b7-4+,10-9+/t14-,15+,16?/m0/s1. The minimum atomic E-state index is -0.680. The van der Waals surface area contributed by atoms with Crippen molar-refractivity contribution in [2.24, 2.45) is 11.7 Å². The molecule has 0 aromatic carbocycles. The molecule has 0 aromatic heterocycles. The number of amides is 4. The summed E-state index contributed by atoms with van der Waals surface area (Å²) in [6.07, 6.45) is 8.89.